The van der Waals surface area contributed by atoms with Crippen LogP contribution in [-0.2, 0) is 21.1 Å². The van der Waals surface area contributed by atoms with Crippen LogP contribution < -0.4 is 4.90 Å². The van der Waals surface area contributed by atoms with Crippen LogP contribution in [0.4, 0.5) is 10.1 Å². The highest BCUT2D eigenvalue weighted by atomic mass is 35.5. The van der Waals surface area contributed by atoms with Crippen molar-refractivity contribution in [2.45, 2.75) is 17.7 Å². The summed E-state index contributed by atoms with van der Waals surface area (Å²) < 4.78 is 38.2. The van der Waals surface area contributed by atoms with E-state index in [4.69, 9.17) is 23.2 Å². The Bertz CT molecular complexity index is 1110. The molecule has 2 heterocycles. The maximum Gasteiger partial charge on any atom is 0.252 e. The zero-order chi connectivity index (χ0) is 20.8. The van der Waals surface area contributed by atoms with E-state index in [9.17, 15) is 17.6 Å². The van der Waals surface area contributed by atoms with Crippen LogP contribution >= 0.6 is 35.0 Å². The number of hydrogen-bond acceptors (Lipinski definition) is 4. The molecule has 0 spiro atoms. The van der Waals surface area contributed by atoms with Crippen molar-refractivity contribution >= 4 is 61.6 Å². The number of halogens is 3. The van der Waals surface area contributed by atoms with E-state index >= 15 is 0 Å². The molecule has 2 aliphatic heterocycles. The molecule has 2 aromatic carbocycles. The number of benzene rings is 2. The van der Waals surface area contributed by atoms with Crippen molar-refractivity contribution in [2.24, 2.45) is 4.99 Å². The molecule has 2 aliphatic rings. The summed E-state index contributed by atoms with van der Waals surface area (Å²) in [5.74, 6) is -1.07. The van der Waals surface area contributed by atoms with E-state index < -0.39 is 21.7 Å². The number of nitrogens with zero attached hydrogens (tertiary/aromatic N) is 2. The molecular weight excluding hydrogens is 458 g/mol. The van der Waals surface area contributed by atoms with Crippen LogP contribution in [0.25, 0.3) is 0 Å². The van der Waals surface area contributed by atoms with Crippen LogP contribution in [-0.4, -0.2) is 42.3 Å². The first-order valence-electron chi connectivity index (χ1n) is 8.69. The number of amides is 1. The number of carbonyl (C=O) groups excluding carboxylic acids is 1. The number of aliphatic imine (C=N–C) groups is 1. The molecule has 0 aliphatic carbocycles. The summed E-state index contributed by atoms with van der Waals surface area (Å²) in [6.45, 7) is 0. The first kappa shape index (κ1) is 20.7. The van der Waals surface area contributed by atoms with Gasteiger partial charge in [0.25, 0.3) is 5.91 Å². The predicted octanol–water partition coefficient (Wildman–Crippen LogP) is 3.98. The van der Waals surface area contributed by atoms with Crippen molar-refractivity contribution in [3.05, 3.63) is 63.9 Å². The second-order valence-corrected chi connectivity index (χ2v) is 11.1. The molecule has 0 aromatic heterocycles. The maximum atomic E-state index is 14.0. The van der Waals surface area contributed by atoms with Crippen molar-refractivity contribution in [1.29, 1.82) is 0 Å². The van der Waals surface area contributed by atoms with Gasteiger partial charge in [0.05, 0.1) is 29.0 Å². The van der Waals surface area contributed by atoms with Gasteiger partial charge >= 0.3 is 0 Å². The fraction of sp³-hybridized carbons (Fsp3) is 0.263. The standard InChI is InChI=1S/C19H15Cl2FN2O3S2/c20-12-3-1-11(2-4-12)7-18(25)23-19-24(13-5-6-14(21)15(22)8-13)16-9-29(26,27)10-17(16)28-19/h1-6,8,16-17H,7,9-10H2/t16-,17+/m1/s1. The number of thioether (sulfide) groups is 1. The first-order valence-corrected chi connectivity index (χ1v) is 12.1. The molecule has 2 fully saturated rings. The molecule has 10 heteroatoms. The minimum atomic E-state index is -3.20. The van der Waals surface area contributed by atoms with Crippen LogP contribution in [0.5, 0.6) is 0 Å². The van der Waals surface area contributed by atoms with Crippen LogP contribution in [0, 0.1) is 5.82 Å². The number of carbonyl (C=O) groups is 1. The Balaban J connectivity index is 1.65. The fourth-order valence-electron chi connectivity index (χ4n) is 3.42. The largest absolute Gasteiger partial charge is 0.315 e. The summed E-state index contributed by atoms with van der Waals surface area (Å²) in [5, 5.41) is 0.647. The molecule has 5 nitrogen and oxygen atoms in total. The summed E-state index contributed by atoms with van der Waals surface area (Å²) in [4.78, 5) is 18.4. The predicted molar refractivity (Wildman–Crippen MR) is 115 cm³/mol. The van der Waals surface area contributed by atoms with Gasteiger partial charge in [0.2, 0.25) is 0 Å². The number of sulfone groups is 1. The molecule has 2 aromatic rings. The number of amidine groups is 1. The number of hydrogen-bond donors (Lipinski definition) is 0. The molecule has 0 bridgehead atoms. The zero-order valence-electron chi connectivity index (χ0n) is 14.9. The van der Waals surface area contributed by atoms with E-state index in [0.29, 0.717) is 15.9 Å². The van der Waals surface area contributed by atoms with Gasteiger partial charge in [0.15, 0.2) is 15.0 Å². The quantitative estimate of drug-likeness (QED) is 0.675. The Labute approximate surface area is 181 Å². The van der Waals surface area contributed by atoms with Gasteiger partial charge in [-0.2, -0.15) is 4.99 Å². The van der Waals surface area contributed by atoms with Crippen molar-refractivity contribution < 1.29 is 17.6 Å². The van der Waals surface area contributed by atoms with Crippen LogP contribution in [0.15, 0.2) is 47.5 Å². The second-order valence-electron chi connectivity index (χ2n) is 6.86. The van der Waals surface area contributed by atoms with Crippen LogP contribution in [0.1, 0.15) is 5.56 Å². The molecule has 2 atom stereocenters. The smallest absolute Gasteiger partial charge is 0.252 e. The summed E-state index contributed by atoms with van der Waals surface area (Å²) in [5.41, 5.74) is 1.18. The Kier molecular flexibility index (Phi) is 5.63. The van der Waals surface area contributed by atoms with Crippen molar-refractivity contribution in [3.8, 4) is 0 Å². The van der Waals surface area contributed by atoms with E-state index in [1.54, 1.807) is 35.2 Å². The van der Waals surface area contributed by atoms with Crippen molar-refractivity contribution in [2.75, 3.05) is 16.4 Å². The van der Waals surface area contributed by atoms with Crippen molar-refractivity contribution in [3.63, 3.8) is 0 Å². The van der Waals surface area contributed by atoms with E-state index in [2.05, 4.69) is 4.99 Å². The first-order chi connectivity index (χ1) is 13.7. The third-order valence-electron chi connectivity index (χ3n) is 4.74. The Morgan fingerprint density at radius 3 is 2.59 bits per heavy atom. The molecule has 0 N–H and O–H groups in total. The molecule has 2 saturated heterocycles. The number of fused-ring (bicyclic) bond motifs is 1. The van der Waals surface area contributed by atoms with E-state index in [0.717, 1.165) is 5.56 Å². The molecule has 0 unspecified atom stereocenters. The molecule has 0 saturated carbocycles. The average Bonchev–Trinajstić information content (AvgIpc) is 3.10. The molecular formula is C19H15Cl2FN2O3S2. The van der Waals surface area contributed by atoms with E-state index in [1.807, 2.05) is 0 Å². The minimum Gasteiger partial charge on any atom is -0.315 e. The highest BCUT2D eigenvalue weighted by Crippen LogP contribution is 2.41. The van der Waals surface area contributed by atoms with Gasteiger partial charge in [0.1, 0.15) is 5.82 Å². The lowest BCUT2D eigenvalue weighted by atomic mass is 10.1. The summed E-state index contributed by atoms with van der Waals surface area (Å²) in [7, 11) is -3.20. The van der Waals surface area contributed by atoms with Gasteiger partial charge in [-0.3, -0.25) is 4.79 Å². The molecule has 4 rings (SSSR count). The minimum absolute atomic E-state index is 0.000694. The summed E-state index contributed by atoms with van der Waals surface area (Å²) >= 11 is 12.9. The highest BCUT2D eigenvalue weighted by Gasteiger charge is 2.49. The second kappa shape index (κ2) is 7.91. The van der Waals surface area contributed by atoms with Gasteiger partial charge in [-0.15, -0.1) is 0 Å². The summed E-state index contributed by atoms with van der Waals surface area (Å²) in [6.07, 6.45) is 0.0810. The van der Waals surface area contributed by atoms with Gasteiger partial charge in [-0.1, -0.05) is 47.1 Å². The topological polar surface area (TPSA) is 66.8 Å². The zero-order valence-corrected chi connectivity index (χ0v) is 18.0. The van der Waals surface area contributed by atoms with Gasteiger partial charge < -0.3 is 4.90 Å². The summed E-state index contributed by atoms with van der Waals surface area (Å²) in [6, 6.07) is 10.7. The van der Waals surface area contributed by atoms with Crippen molar-refractivity contribution in [1.82, 2.24) is 0 Å². The monoisotopic (exact) mass is 472 g/mol. The lowest BCUT2D eigenvalue weighted by Gasteiger charge is -2.24. The third-order valence-corrected chi connectivity index (χ3v) is 8.51. The van der Waals surface area contributed by atoms with Gasteiger partial charge in [-0.25, -0.2) is 12.8 Å². The number of anilines is 1. The third kappa shape index (κ3) is 4.45. The van der Waals surface area contributed by atoms with E-state index in [1.165, 1.54) is 23.9 Å². The molecule has 1 amide bonds. The molecule has 152 valence electrons. The average molecular weight is 473 g/mol. The Morgan fingerprint density at radius 1 is 1.17 bits per heavy atom. The lowest BCUT2D eigenvalue weighted by molar-refractivity contribution is -0.117. The lowest BCUT2D eigenvalue weighted by Crippen LogP contribution is -2.37. The Hall–Kier alpha value is -1.61. The van der Waals surface area contributed by atoms with Gasteiger partial charge in [0, 0.05) is 16.0 Å². The fourth-order valence-corrected chi connectivity index (χ4v) is 7.60. The van der Waals surface area contributed by atoms with Crippen LogP contribution in [0.3, 0.4) is 0 Å². The van der Waals surface area contributed by atoms with Gasteiger partial charge in [-0.05, 0) is 35.9 Å². The molecule has 29 heavy (non-hydrogen) atoms. The Morgan fingerprint density at radius 2 is 1.90 bits per heavy atom. The van der Waals surface area contributed by atoms with Crippen LogP contribution in [0.2, 0.25) is 10.0 Å². The maximum absolute atomic E-state index is 14.0. The highest BCUT2D eigenvalue weighted by molar-refractivity contribution is 8.16. The van der Waals surface area contributed by atoms with E-state index in [-0.39, 0.29) is 34.1 Å². The SMILES string of the molecule is O=C(Cc1ccc(Cl)cc1)N=C1S[C@H]2CS(=O)(=O)C[C@H]2N1c1ccc(Cl)c(F)c1. The normalized spacial score (nSPS) is 24.1. The number of rotatable bonds is 3. The molecule has 0 radical (unpaired) electrons.